The van der Waals surface area contributed by atoms with E-state index in [0.717, 1.165) is 14.9 Å². The highest BCUT2D eigenvalue weighted by atomic mass is 79.9. The molecule has 0 spiro atoms. The summed E-state index contributed by atoms with van der Waals surface area (Å²) in [6, 6.07) is 7.02. The number of anilines is 1. The Balaban J connectivity index is 2.36. The number of benzene rings is 1. The summed E-state index contributed by atoms with van der Waals surface area (Å²) in [7, 11) is -3.61. The maximum absolute atomic E-state index is 12.4. The van der Waals surface area contributed by atoms with Gasteiger partial charge in [-0.1, -0.05) is 6.07 Å². The van der Waals surface area contributed by atoms with Gasteiger partial charge < -0.3 is 4.74 Å². The average molecular weight is 390 g/mol. The molecule has 0 saturated heterocycles. The average Bonchev–Trinajstić information content (AvgIpc) is 2.74. The smallest absolute Gasteiger partial charge is 0.271 e. The highest BCUT2D eigenvalue weighted by Gasteiger charge is 2.20. The molecule has 0 bridgehead atoms. The van der Waals surface area contributed by atoms with Crippen LogP contribution in [0.2, 0.25) is 0 Å². The van der Waals surface area contributed by atoms with Crippen LogP contribution in [0.4, 0.5) is 5.69 Å². The van der Waals surface area contributed by atoms with Gasteiger partial charge in [0.1, 0.15) is 9.96 Å². The van der Waals surface area contributed by atoms with Gasteiger partial charge in [-0.25, -0.2) is 8.42 Å². The largest absolute Gasteiger partial charge is 0.492 e. The summed E-state index contributed by atoms with van der Waals surface area (Å²) in [5, 5.41) is 0. The zero-order valence-electron chi connectivity index (χ0n) is 11.9. The van der Waals surface area contributed by atoms with Crippen LogP contribution < -0.4 is 9.46 Å². The first-order chi connectivity index (χ1) is 9.83. The molecule has 0 unspecified atom stereocenters. The second-order valence-electron chi connectivity index (χ2n) is 4.56. The number of aryl methyl sites for hydroxylation is 2. The summed E-state index contributed by atoms with van der Waals surface area (Å²) >= 11 is 4.53. The van der Waals surface area contributed by atoms with E-state index < -0.39 is 10.0 Å². The molecule has 0 aliphatic heterocycles. The number of sulfonamides is 1. The molecule has 1 N–H and O–H groups in total. The fourth-order valence-corrected chi connectivity index (χ4v) is 5.04. The van der Waals surface area contributed by atoms with Crippen molar-refractivity contribution in [3.63, 3.8) is 0 Å². The minimum absolute atomic E-state index is 0.273. The Morgan fingerprint density at radius 1 is 1.29 bits per heavy atom. The van der Waals surface area contributed by atoms with Crippen LogP contribution in [0.15, 0.2) is 32.3 Å². The van der Waals surface area contributed by atoms with Gasteiger partial charge in [-0.2, -0.15) is 0 Å². The summed E-state index contributed by atoms with van der Waals surface area (Å²) in [6.45, 7) is 6.12. The van der Waals surface area contributed by atoms with E-state index in [0.29, 0.717) is 18.0 Å². The fourth-order valence-electron chi connectivity index (χ4n) is 1.75. The molecule has 0 atom stereocenters. The monoisotopic (exact) mass is 389 g/mol. The van der Waals surface area contributed by atoms with E-state index in [9.17, 15) is 8.42 Å². The van der Waals surface area contributed by atoms with Crippen LogP contribution in [0.1, 0.15) is 18.1 Å². The molecular formula is C14H16BrNO3S2. The van der Waals surface area contributed by atoms with Crippen molar-refractivity contribution < 1.29 is 13.2 Å². The van der Waals surface area contributed by atoms with Crippen LogP contribution in [-0.4, -0.2) is 15.0 Å². The Bertz CT molecular complexity index is 734. The molecule has 1 heterocycles. The van der Waals surface area contributed by atoms with E-state index in [4.69, 9.17) is 4.74 Å². The van der Waals surface area contributed by atoms with Crippen molar-refractivity contribution in [1.82, 2.24) is 0 Å². The van der Waals surface area contributed by atoms with Crippen LogP contribution in [0.25, 0.3) is 0 Å². The summed E-state index contributed by atoms with van der Waals surface area (Å²) in [5.41, 5.74) is 2.36. The first kappa shape index (κ1) is 16.3. The van der Waals surface area contributed by atoms with Crippen LogP contribution in [0.5, 0.6) is 5.75 Å². The van der Waals surface area contributed by atoms with Crippen molar-refractivity contribution in [3.8, 4) is 5.75 Å². The lowest BCUT2D eigenvalue weighted by atomic mass is 10.2. The molecule has 4 nitrogen and oxygen atoms in total. The van der Waals surface area contributed by atoms with Crippen LogP contribution in [0, 0.1) is 13.8 Å². The van der Waals surface area contributed by atoms with Gasteiger partial charge in [-0.3, -0.25) is 4.72 Å². The van der Waals surface area contributed by atoms with Gasteiger partial charge in [-0.15, -0.1) is 11.3 Å². The molecule has 21 heavy (non-hydrogen) atoms. The summed E-state index contributed by atoms with van der Waals surface area (Å²) in [6.07, 6.45) is 0. The lowest BCUT2D eigenvalue weighted by Crippen LogP contribution is -2.12. The third-order valence-electron chi connectivity index (χ3n) is 2.78. The van der Waals surface area contributed by atoms with Gasteiger partial charge in [0.15, 0.2) is 0 Å². The highest BCUT2D eigenvalue weighted by molar-refractivity contribution is 9.11. The van der Waals surface area contributed by atoms with E-state index in [2.05, 4.69) is 20.7 Å². The zero-order valence-corrected chi connectivity index (χ0v) is 15.2. The molecule has 0 aliphatic carbocycles. The second kappa shape index (κ2) is 6.37. The van der Waals surface area contributed by atoms with Crippen molar-refractivity contribution in [1.29, 1.82) is 0 Å². The van der Waals surface area contributed by atoms with Crippen molar-refractivity contribution in [2.75, 3.05) is 11.3 Å². The molecular weight excluding hydrogens is 374 g/mol. The second-order valence-corrected chi connectivity index (χ2v) is 8.84. The van der Waals surface area contributed by atoms with Crippen molar-refractivity contribution in [2.45, 2.75) is 25.0 Å². The van der Waals surface area contributed by atoms with Gasteiger partial charge in [0.05, 0.1) is 16.1 Å². The number of hydrogen-bond donors (Lipinski definition) is 1. The molecule has 1 aromatic carbocycles. The predicted molar refractivity (Wildman–Crippen MR) is 89.9 cm³/mol. The number of halogens is 1. The molecule has 0 saturated carbocycles. The molecule has 7 heteroatoms. The summed E-state index contributed by atoms with van der Waals surface area (Å²) in [4.78, 5) is 0. The summed E-state index contributed by atoms with van der Waals surface area (Å²) < 4.78 is 34.0. The first-order valence-electron chi connectivity index (χ1n) is 6.35. The van der Waals surface area contributed by atoms with E-state index in [1.165, 1.54) is 11.3 Å². The van der Waals surface area contributed by atoms with E-state index in [1.807, 2.05) is 32.9 Å². The van der Waals surface area contributed by atoms with E-state index in [1.54, 1.807) is 12.1 Å². The van der Waals surface area contributed by atoms with Gasteiger partial charge in [0.2, 0.25) is 0 Å². The minimum Gasteiger partial charge on any atom is -0.492 e. The molecule has 0 aliphatic rings. The lowest BCUT2D eigenvalue weighted by Gasteiger charge is -2.12. The van der Waals surface area contributed by atoms with Crippen LogP contribution in [-0.2, 0) is 10.0 Å². The topological polar surface area (TPSA) is 55.4 Å². The normalized spacial score (nSPS) is 11.4. The maximum atomic E-state index is 12.4. The Morgan fingerprint density at radius 2 is 2.00 bits per heavy atom. The molecule has 0 amide bonds. The number of nitrogens with one attached hydrogen (secondary N) is 1. The molecule has 2 rings (SSSR count). The molecule has 2 aromatic rings. The standard InChI is InChI=1S/C14H16BrNO3S2/c1-4-19-12-7-9(2)5-6-11(12)16-21(17,18)13-8-10(3)14(15)20-13/h5-8,16H,4H2,1-3H3. The molecule has 1 aromatic heterocycles. The SMILES string of the molecule is CCOc1cc(C)ccc1NS(=O)(=O)c1cc(C)c(Br)s1. The quantitative estimate of drug-likeness (QED) is 0.827. The third kappa shape index (κ3) is 3.78. The van der Waals surface area contributed by atoms with Crippen LogP contribution >= 0.6 is 27.3 Å². The fraction of sp³-hybridized carbons (Fsp3) is 0.286. The molecule has 0 fully saturated rings. The van der Waals surface area contributed by atoms with Crippen molar-refractivity contribution in [3.05, 3.63) is 39.2 Å². The van der Waals surface area contributed by atoms with Gasteiger partial charge in [0, 0.05) is 0 Å². The highest BCUT2D eigenvalue weighted by Crippen LogP contribution is 2.33. The number of thiophene rings is 1. The Kier molecular flexibility index (Phi) is 4.95. The molecule has 0 radical (unpaired) electrons. The predicted octanol–water partition coefficient (Wildman–Crippen LogP) is 4.33. The van der Waals surface area contributed by atoms with Gasteiger partial charge in [0.25, 0.3) is 10.0 Å². The maximum Gasteiger partial charge on any atom is 0.271 e. The van der Waals surface area contributed by atoms with E-state index in [-0.39, 0.29) is 4.21 Å². The minimum atomic E-state index is -3.61. The van der Waals surface area contributed by atoms with Crippen molar-refractivity contribution in [2.24, 2.45) is 0 Å². The zero-order chi connectivity index (χ0) is 15.6. The molecule has 114 valence electrons. The van der Waals surface area contributed by atoms with E-state index >= 15 is 0 Å². The Labute approximate surface area is 137 Å². The number of rotatable bonds is 5. The Morgan fingerprint density at radius 3 is 2.57 bits per heavy atom. The van der Waals surface area contributed by atoms with Crippen LogP contribution in [0.3, 0.4) is 0 Å². The lowest BCUT2D eigenvalue weighted by molar-refractivity contribution is 0.342. The van der Waals surface area contributed by atoms with Crippen molar-refractivity contribution >= 4 is 43.0 Å². The number of ether oxygens (including phenoxy) is 1. The van der Waals surface area contributed by atoms with Gasteiger partial charge in [-0.05, 0) is 66.0 Å². The first-order valence-corrected chi connectivity index (χ1v) is 9.45. The van der Waals surface area contributed by atoms with Gasteiger partial charge >= 0.3 is 0 Å². The Hall–Kier alpha value is -1.05. The number of hydrogen-bond acceptors (Lipinski definition) is 4. The summed E-state index contributed by atoms with van der Waals surface area (Å²) in [5.74, 6) is 0.536. The third-order valence-corrected chi connectivity index (χ3v) is 6.76.